The molecule has 27 heavy (non-hydrogen) atoms. The molecule has 148 valence electrons. The summed E-state index contributed by atoms with van der Waals surface area (Å²) in [4.78, 5) is 29.2. The molecule has 0 saturated carbocycles. The molecular weight excluding hydrogens is 348 g/mol. The van der Waals surface area contributed by atoms with E-state index in [1.807, 2.05) is 0 Å². The lowest BCUT2D eigenvalue weighted by molar-refractivity contribution is 0.173. The number of piperidine rings is 1. The van der Waals surface area contributed by atoms with Crippen LogP contribution in [0.2, 0.25) is 0 Å². The smallest absolute Gasteiger partial charge is 0.413 e. The number of nitrogens with zero attached hydrogens (tertiary/aromatic N) is 2. The maximum absolute atomic E-state index is 11.3. The van der Waals surface area contributed by atoms with Crippen molar-refractivity contribution in [2.75, 3.05) is 40.4 Å². The van der Waals surface area contributed by atoms with Crippen LogP contribution in [0.1, 0.15) is 30.7 Å². The third-order valence-corrected chi connectivity index (χ3v) is 4.57. The highest BCUT2D eigenvalue weighted by molar-refractivity contribution is 6.01. The van der Waals surface area contributed by atoms with E-state index in [2.05, 4.69) is 60.3 Å². The van der Waals surface area contributed by atoms with E-state index in [1.54, 1.807) is 0 Å². The van der Waals surface area contributed by atoms with Gasteiger partial charge in [-0.15, -0.1) is 0 Å². The number of carbonyl (C=O) groups is 2. The minimum absolute atomic E-state index is 0.0245. The van der Waals surface area contributed by atoms with Gasteiger partial charge in [0.1, 0.15) is 0 Å². The van der Waals surface area contributed by atoms with E-state index in [-0.39, 0.29) is 5.96 Å². The first kappa shape index (κ1) is 20.7. The first-order valence-corrected chi connectivity index (χ1v) is 9.14. The number of alkyl carbamates (subject to hydrolysis) is 2. The van der Waals surface area contributed by atoms with Gasteiger partial charge >= 0.3 is 12.2 Å². The van der Waals surface area contributed by atoms with Crippen LogP contribution in [0.15, 0.2) is 35.3 Å². The molecule has 0 unspecified atom stereocenters. The second-order valence-electron chi connectivity index (χ2n) is 6.34. The quantitative estimate of drug-likeness (QED) is 0.467. The van der Waals surface area contributed by atoms with Crippen molar-refractivity contribution in [1.29, 1.82) is 0 Å². The Balaban J connectivity index is 1.73. The Morgan fingerprint density at radius 2 is 1.67 bits per heavy atom. The molecule has 1 aliphatic rings. The number of hydrogen-bond acceptors (Lipinski definition) is 6. The average Bonchev–Trinajstić information content (AvgIpc) is 2.71. The number of guanidine groups is 1. The molecule has 2 rings (SSSR count). The fourth-order valence-corrected chi connectivity index (χ4v) is 3.11. The zero-order valence-corrected chi connectivity index (χ0v) is 15.9. The predicted molar refractivity (Wildman–Crippen MR) is 103 cm³/mol. The molecule has 0 radical (unpaired) electrons. The molecule has 8 heteroatoms. The van der Waals surface area contributed by atoms with Crippen molar-refractivity contribution in [3.8, 4) is 0 Å². The molecule has 0 aromatic heterocycles. The molecule has 0 spiro atoms. The van der Waals surface area contributed by atoms with E-state index in [1.165, 1.54) is 19.8 Å². The molecule has 1 heterocycles. The van der Waals surface area contributed by atoms with Crippen LogP contribution in [-0.2, 0) is 9.47 Å². The Kier molecular flexibility index (Phi) is 8.57. The van der Waals surface area contributed by atoms with E-state index in [0.717, 1.165) is 38.9 Å². The summed E-state index contributed by atoms with van der Waals surface area (Å²) in [6, 6.07) is 10.7. The van der Waals surface area contributed by atoms with E-state index in [0.29, 0.717) is 12.5 Å². The van der Waals surface area contributed by atoms with Gasteiger partial charge < -0.3 is 14.4 Å². The summed E-state index contributed by atoms with van der Waals surface area (Å²) in [5.41, 5.74) is 1.43. The molecule has 1 aliphatic heterocycles. The van der Waals surface area contributed by atoms with Crippen molar-refractivity contribution in [1.82, 2.24) is 15.5 Å². The summed E-state index contributed by atoms with van der Waals surface area (Å²) in [5, 5.41) is 4.72. The van der Waals surface area contributed by atoms with Crippen LogP contribution in [-0.4, -0.2) is 63.4 Å². The first-order valence-electron chi connectivity index (χ1n) is 9.14. The van der Waals surface area contributed by atoms with Crippen LogP contribution in [0.3, 0.4) is 0 Å². The molecule has 2 amide bonds. The normalized spacial score (nSPS) is 14.9. The summed E-state index contributed by atoms with van der Waals surface area (Å²) in [6.45, 7) is 3.53. The van der Waals surface area contributed by atoms with Crippen LogP contribution in [0, 0.1) is 0 Å². The van der Waals surface area contributed by atoms with Crippen molar-refractivity contribution in [2.45, 2.75) is 25.2 Å². The fraction of sp³-hybridized carbons (Fsp3) is 0.526. The van der Waals surface area contributed by atoms with Crippen LogP contribution in [0.4, 0.5) is 9.59 Å². The van der Waals surface area contributed by atoms with E-state index >= 15 is 0 Å². The molecule has 8 nitrogen and oxygen atoms in total. The third kappa shape index (κ3) is 7.26. The van der Waals surface area contributed by atoms with Crippen molar-refractivity contribution in [3.63, 3.8) is 0 Å². The number of carbonyl (C=O) groups excluding carboxylic acids is 2. The Labute approximate surface area is 159 Å². The predicted octanol–water partition coefficient (Wildman–Crippen LogP) is 2.32. The first-order chi connectivity index (χ1) is 13.1. The zero-order chi connectivity index (χ0) is 19.5. The van der Waals surface area contributed by atoms with E-state index in [9.17, 15) is 9.59 Å². The van der Waals surface area contributed by atoms with Crippen LogP contribution < -0.4 is 10.6 Å². The van der Waals surface area contributed by atoms with Gasteiger partial charge in [0.25, 0.3) is 0 Å². The van der Waals surface area contributed by atoms with Crippen LogP contribution in [0.5, 0.6) is 0 Å². The largest absolute Gasteiger partial charge is 0.453 e. The number of methoxy groups -OCH3 is 2. The summed E-state index contributed by atoms with van der Waals surface area (Å²) >= 11 is 0. The lowest BCUT2D eigenvalue weighted by atomic mass is 9.89. The lowest BCUT2D eigenvalue weighted by Crippen LogP contribution is -2.44. The minimum Gasteiger partial charge on any atom is -0.453 e. The van der Waals surface area contributed by atoms with Crippen molar-refractivity contribution in [2.24, 2.45) is 4.99 Å². The summed E-state index contributed by atoms with van der Waals surface area (Å²) < 4.78 is 9.03. The Morgan fingerprint density at radius 3 is 2.22 bits per heavy atom. The second-order valence-corrected chi connectivity index (χ2v) is 6.34. The van der Waals surface area contributed by atoms with Gasteiger partial charge in [-0.2, -0.15) is 0 Å². The van der Waals surface area contributed by atoms with Crippen molar-refractivity contribution < 1.29 is 19.1 Å². The Bertz CT molecular complexity index is 608. The number of rotatable bonds is 5. The zero-order valence-electron chi connectivity index (χ0n) is 15.9. The topological polar surface area (TPSA) is 92.3 Å². The van der Waals surface area contributed by atoms with E-state index < -0.39 is 12.2 Å². The van der Waals surface area contributed by atoms with Gasteiger partial charge in [-0.3, -0.25) is 15.6 Å². The second kappa shape index (κ2) is 11.2. The minimum atomic E-state index is -0.701. The number of ether oxygens (including phenoxy) is 2. The number of amides is 2. The molecule has 1 saturated heterocycles. The third-order valence-electron chi connectivity index (χ3n) is 4.57. The molecule has 0 aliphatic carbocycles. The Hall–Kier alpha value is -2.61. The van der Waals surface area contributed by atoms with E-state index in [4.69, 9.17) is 0 Å². The summed E-state index contributed by atoms with van der Waals surface area (Å²) in [5.74, 6) is 0.664. The van der Waals surface area contributed by atoms with Crippen molar-refractivity contribution >= 4 is 18.1 Å². The van der Waals surface area contributed by atoms with Crippen LogP contribution in [0.25, 0.3) is 0 Å². The average molecular weight is 376 g/mol. The fourth-order valence-electron chi connectivity index (χ4n) is 3.11. The van der Waals surface area contributed by atoms with Gasteiger partial charge in [0.2, 0.25) is 5.96 Å². The monoisotopic (exact) mass is 376 g/mol. The van der Waals surface area contributed by atoms with Crippen LogP contribution >= 0.6 is 0 Å². The molecule has 1 fully saturated rings. The van der Waals surface area contributed by atoms with Gasteiger partial charge in [-0.05, 0) is 50.4 Å². The molecular formula is C19H28N4O4. The number of likely N-dealkylation sites (tertiary alicyclic amines) is 1. The highest BCUT2D eigenvalue weighted by atomic mass is 16.5. The lowest BCUT2D eigenvalue weighted by Gasteiger charge is -2.32. The maximum Gasteiger partial charge on any atom is 0.413 e. The van der Waals surface area contributed by atoms with Gasteiger partial charge in [0, 0.05) is 6.54 Å². The summed E-state index contributed by atoms with van der Waals surface area (Å²) in [7, 11) is 2.48. The number of aliphatic imine (C=N–C) groups is 1. The molecule has 0 bridgehead atoms. The van der Waals surface area contributed by atoms with Gasteiger partial charge in [-0.1, -0.05) is 30.3 Å². The van der Waals surface area contributed by atoms with Gasteiger partial charge in [0.05, 0.1) is 14.2 Å². The summed E-state index contributed by atoms with van der Waals surface area (Å²) in [6.07, 6.45) is 1.74. The molecule has 2 N–H and O–H groups in total. The van der Waals surface area contributed by atoms with Gasteiger partial charge in [0.15, 0.2) is 0 Å². The highest BCUT2D eigenvalue weighted by Gasteiger charge is 2.19. The van der Waals surface area contributed by atoms with Gasteiger partial charge in [-0.25, -0.2) is 9.59 Å². The van der Waals surface area contributed by atoms with Crippen molar-refractivity contribution in [3.05, 3.63) is 35.9 Å². The standard InChI is InChI=1S/C19H28N4O4/c1-26-18(24)21-17(22-19(25)27-2)20-11-6-12-23-13-9-16(10-14-23)15-7-4-3-5-8-15/h3-5,7-8,16H,6,9-14H2,1-2H3,(H2,20,21,22,24,25). The number of benzene rings is 1. The Morgan fingerprint density at radius 1 is 1.07 bits per heavy atom. The SMILES string of the molecule is COC(=O)NC(=NCCCN1CCC(c2ccccc2)CC1)NC(=O)OC. The number of hydrogen-bond donors (Lipinski definition) is 2. The highest BCUT2D eigenvalue weighted by Crippen LogP contribution is 2.27. The molecule has 1 aromatic carbocycles. The molecule has 1 aromatic rings. The maximum atomic E-state index is 11.3. The molecule has 0 atom stereocenters. The number of nitrogens with one attached hydrogen (secondary N) is 2.